The molecule has 1 aromatic carbocycles. The zero-order valence-electron chi connectivity index (χ0n) is 20.2. The summed E-state index contributed by atoms with van der Waals surface area (Å²) < 4.78 is 11.0. The van der Waals surface area contributed by atoms with Gasteiger partial charge in [0.15, 0.2) is 5.82 Å². The molecule has 1 fully saturated rings. The number of H-pyrrole nitrogens is 1. The topological polar surface area (TPSA) is 114 Å². The van der Waals surface area contributed by atoms with Gasteiger partial charge >= 0.3 is 6.01 Å². The molecule has 3 aromatic rings. The van der Waals surface area contributed by atoms with E-state index in [0.29, 0.717) is 18.7 Å². The van der Waals surface area contributed by atoms with Gasteiger partial charge in [0.25, 0.3) is 0 Å². The molecule has 0 aliphatic carbocycles. The van der Waals surface area contributed by atoms with E-state index in [1.54, 1.807) is 12.4 Å². The molecule has 10 nitrogen and oxygen atoms in total. The van der Waals surface area contributed by atoms with Crippen LogP contribution in [0.1, 0.15) is 57.3 Å². The van der Waals surface area contributed by atoms with Crippen LogP contribution < -0.4 is 15.0 Å². The van der Waals surface area contributed by atoms with E-state index in [2.05, 4.69) is 72.9 Å². The molecule has 0 spiro atoms. The number of ether oxygens (including phenoxy) is 2. The van der Waals surface area contributed by atoms with Crippen molar-refractivity contribution in [1.82, 2.24) is 30.6 Å². The highest BCUT2D eigenvalue weighted by molar-refractivity contribution is 5.76. The number of nitrogens with zero attached hydrogens (tertiary/aromatic N) is 6. The van der Waals surface area contributed by atoms with Crippen LogP contribution in [-0.4, -0.2) is 63.0 Å². The molecule has 0 bridgehead atoms. The average molecular weight is 467 g/mol. The SMILES string of the molecule is CCOc1ncc(Nc2cc(C(CC)Cc3nn[nH]n3)ccc2N(CC)C2CCOCC2)cn1. The van der Waals surface area contributed by atoms with Crippen LogP contribution in [-0.2, 0) is 11.2 Å². The van der Waals surface area contributed by atoms with Gasteiger partial charge in [-0.25, -0.2) is 9.97 Å². The Kier molecular flexibility index (Phi) is 8.24. The molecular formula is C24H34N8O2. The van der Waals surface area contributed by atoms with Crippen molar-refractivity contribution in [2.75, 3.05) is 36.6 Å². The Labute approximate surface area is 200 Å². The Morgan fingerprint density at radius 1 is 1.18 bits per heavy atom. The molecule has 0 amide bonds. The normalized spacial score (nSPS) is 15.1. The summed E-state index contributed by atoms with van der Waals surface area (Å²) in [5.41, 5.74) is 4.25. The molecule has 182 valence electrons. The first-order valence-corrected chi connectivity index (χ1v) is 12.1. The molecular weight excluding hydrogens is 432 g/mol. The van der Waals surface area contributed by atoms with Crippen molar-refractivity contribution >= 4 is 17.1 Å². The lowest BCUT2D eigenvalue weighted by atomic mass is 9.92. The first-order valence-electron chi connectivity index (χ1n) is 12.1. The maximum Gasteiger partial charge on any atom is 0.316 e. The van der Waals surface area contributed by atoms with Crippen LogP contribution in [0.2, 0.25) is 0 Å². The minimum Gasteiger partial charge on any atom is -0.464 e. The lowest BCUT2D eigenvalue weighted by Gasteiger charge is -2.37. The second kappa shape index (κ2) is 11.7. The van der Waals surface area contributed by atoms with Gasteiger partial charge in [-0.2, -0.15) is 5.21 Å². The van der Waals surface area contributed by atoms with Gasteiger partial charge in [-0.3, -0.25) is 0 Å². The highest BCUT2D eigenvalue weighted by Crippen LogP contribution is 2.36. The van der Waals surface area contributed by atoms with E-state index in [4.69, 9.17) is 9.47 Å². The van der Waals surface area contributed by atoms with E-state index in [1.165, 1.54) is 11.3 Å². The third-order valence-electron chi connectivity index (χ3n) is 6.27. The van der Waals surface area contributed by atoms with Gasteiger partial charge in [-0.05, 0) is 56.7 Å². The van der Waals surface area contributed by atoms with Crippen LogP contribution in [0.3, 0.4) is 0 Å². The highest BCUT2D eigenvalue weighted by atomic mass is 16.5. The summed E-state index contributed by atoms with van der Waals surface area (Å²) in [6.45, 7) is 9.37. The van der Waals surface area contributed by atoms with Crippen molar-refractivity contribution in [2.45, 2.75) is 58.4 Å². The monoisotopic (exact) mass is 466 g/mol. The Hall–Kier alpha value is -3.27. The molecule has 2 aromatic heterocycles. The smallest absolute Gasteiger partial charge is 0.316 e. The zero-order chi connectivity index (χ0) is 23.8. The third kappa shape index (κ3) is 5.80. The van der Waals surface area contributed by atoms with Crippen molar-refractivity contribution in [3.63, 3.8) is 0 Å². The molecule has 1 atom stereocenters. The molecule has 1 aliphatic heterocycles. The Bertz CT molecular complexity index is 1010. The van der Waals surface area contributed by atoms with Crippen LogP contribution in [0, 0.1) is 0 Å². The number of hydrogen-bond donors (Lipinski definition) is 2. The number of anilines is 3. The molecule has 0 radical (unpaired) electrons. The number of nitrogens with one attached hydrogen (secondary N) is 2. The van der Waals surface area contributed by atoms with Gasteiger partial charge in [0.05, 0.1) is 36.1 Å². The van der Waals surface area contributed by atoms with Crippen LogP contribution in [0.4, 0.5) is 17.1 Å². The van der Waals surface area contributed by atoms with E-state index in [9.17, 15) is 0 Å². The molecule has 10 heteroatoms. The Morgan fingerprint density at radius 3 is 2.62 bits per heavy atom. The fourth-order valence-electron chi connectivity index (χ4n) is 4.51. The van der Waals surface area contributed by atoms with Gasteiger partial charge in [0, 0.05) is 32.2 Å². The quantitative estimate of drug-likeness (QED) is 0.434. The number of hydrogen-bond acceptors (Lipinski definition) is 9. The summed E-state index contributed by atoms with van der Waals surface area (Å²) in [6.07, 6.45) is 7.27. The van der Waals surface area contributed by atoms with E-state index in [1.807, 2.05) is 6.92 Å². The first kappa shape index (κ1) is 23.9. The third-order valence-corrected chi connectivity index (χ3v) is 6.27. The number of benzene rings is 1. The Morgan fingerprint density at radius 2 is 1.97 bits per heavy atom. The largest absolute Gasteiger partial charge is 0.464 e. The molecule has 4 rings (SSSR count). The van der Waals surface area contributed by atoms with Crippen LogP contribution in [0.15, 0.2) is 30.6 Å². The van der Waals surface area contributed by atoms with Gasteiger partial charge in [-0.1, -0.05) is 18.2 Å². The minimum atomic E-state index is 0.280. The number of aromatic amines is 1. The van der Waals surface area contributed by atoms with E-state index >= 15 is 0 Å². The minimum absolute atomic E-state index is 0.280. The summed E-state index contributed by atoms with van der Waals surface area (Å²) in [5.74, 6) is 1.00. The molecule has 1 aliphatic rings. The Balaban J connectivity index is 1.66. The van der Waals surface area contributed by atoms with Gasteiger partial charge < -0.3 is 19.7 Å². The van der Waals surface area contributed by atoms with Crippen molar-refractivity contribution < 1.29 is 9.47 Å². The van der Waals surface area contributed by atoms with Gasteiger partial charge in [0.2, 0.25) is 0 Å². The van der Waals surface area contributed by atoms with E-state index in [-0.39, 0.29) is 5.92 Å². The summed E-state index contributed by atoms with van der Waals surface area (Å²) in [6, 6.07) is 7.52. The summed E-state index contributed by atoms with van der Waals surface area (Å²) in [5, 5.41) is 18.1. The fraction of sp³-hybridized carbons (Fsp3) is 0.542. The average Bonchev–Trinajstić information content (AvgIpc) is 3.39. The van der Waals surface area contributed by atoms with Crippen molar-refractivity contribution in [2.24, 2.45) is 0 Å². The van der Waals surface area contributed by atoms with Gasteiger partial charge in [-0.15, -0.1) is 10.2 Å². The molecule has 0 saturated carbocycles. The second-order valence-corrected chi connectivity index (χ2v) is 8.36. The standard InChI is InChI=1S/C24H34N8O2/c1-4-17(14-23-28-30-31-29-23)18-7-8-22(32(5-2)20-9-11-33-12-10-20)21(13-18)27-19-15-25-24(26-16-19)34-6-3/h7-8,13,15-17,20,27H,4-6,9-12,14H2,1-3H3,(H,28,29,30,31). The van der Waals surface area contributed by atoms with Crippen molar-refractivity contribution in [3.05, 3.63) is 42.0 Å². The lowest BCUT2D eigenvalue weighted by molar-refractivity contribution is 0.0846. The zero-order valence-corrected chi connectivity index (χ0v) is 20.2. The molecule has 1 unspecified atom stereocenters. The summed E-state index contributed by atoms with van der Waals surface area (Å²) in [7, 11) is 0. The maximum atomic E-state index is 5.61. The summed E-state index contributed by atoms with van der Waals surface area (Å²) in [4.78, 5) is 11.1. The van der Waals surface area contributed by atoms with Crippen LogP contribution in [0.5, 0.6) is 6.01 Å². The molecule has 2 N–H and O–H groups in total. The second-order valence-electron chi connectivity index (χ2n) is 8.36. The van der Waals surface area contributed by atoms with Crippen LogP contribution in [0.25, 0.3) is 0 Å². The highest BCUT2D eigenvalue weighted by Gasteiger charge is 2.24. The lowest BCUT2D eigenvalue weighted by Crippen LogP contribution is -2.39. The number of rotatable bonds is 11. The van der Waals surface area contributed by atoms with Crippen molar-refractivity contribution in [3.8, 4) is 6.01 Å². The first-order chi connectivity index (χ1) is 16.7. The number of tetrazole rings is 1. The van der Waals surface area contributed by atoms with Crippen molar-refractivity contribution in [1.29, 1.82) is 0 Å². The molecule has 1 saturated heterocycles. The predicted octanol–water partition coefficient (Wildman–Crippen LogP) is 3.87. The summed E-state index contributed by atoms with van der Waals surface area (Å²) >= 11 is 0. The van der Waals surface area contributed by atoms with Crippen LogP contribution >= 0.6 is 0 Å². The predicted molar refractivity (Wildman–Crippen MR) is 131 cm³/mol. The maximum absolute atomic E-state index is 5.61. The fourth-order valence-corrected chi connectivity index (χ4v) is 4.51. The molecule has 34 heavy (non-hydrogen) atoms. The van der Waals surface area contributed by atoms with E-state index in [0.717, 1.165) is 62.6 Å². The number of aromatic nitrogens is 6. The van der Waals surface area contributed by atoms with E-state index < -0.39 is 0 Å². The molecule has 3 heterocycles. The van der Waals surface area contributed by atoms with Gasteiger partial charge in [0.1, 0.15) is 0 Å².